The number of benzene rings is 1. The van der Waals surface area contributed by atoms with Gasteiger partial charge in [-0.2, -0.15) is 0 Å². The second kappa shape index (κ2) is 2.96. The van der Waals surface area contributed by atoms with Crippen molar-refractivity contribution in [1.82, 2.24) is 0 Å². The Balaban J connectivity index is 3.15. The summed E-state index contributed by atoms with van der Waals surface area (Å²) in [4.78, 5) is 0. The third-order valence-corrected chi connectivity index (χ3v) is 1.92. The molecule has 0 bridgehead atoms. The van der Waals surface area contributed by atoms with Crippen LogP contribution in [-0.4, -0.2) is 10.2 Å². The molecule has 0 spiro atoms. The maximum absolute atomic E-state index is 9.07. The van der Waals surface area contributed by atoms with Gasteiger partial charge < -0.3 is 10.2 Å². The number of rotatable bonds is 1. The fourth-order valence-electron chi connectivity index (χ4n) is 0.686. The third kappa shape index (κ3) is 1.74. The Morgan fingerprint density at radius 1 is 1.45 bits per heavy atom. The average molecular weight is 215 g/mol. The molecule has 0 aliphatic rings. The molecule has 0 heterocycles. The highest BCUT2D eigenvalue weighted by molar-refractivity contribution is 9.10. The summed E-state index contributed by atoms with van der Waals surface area (Å²) in [6, 6.07) is 4.67. The Labute approximate surface area is 72.9 Å². The summed E-state index contributed by atoms with van der Waals surface area (Å²) in [5, 5.41) is 18.0. The standard InChI is InChI=1S/C8H7BrO2/c1-5(10)6-2-3-8(11)7(9)4-6/h2-4,10-11H,1H2. The Morgan fingerprint density at radius 2 is 2.09 bits per heavy atom. The highest BCUT2D eigenvalue weighted by Crippen LogP contribution is 2.25. The lowest BCUT2D eigenvalue weighted by Crippen LogP contribution is -1.79. The zero-order chi connectivity index (χ0) is 8.43. The van der Waals surface area contributed by atoms with E-state index in [1.54, 1.807) is 12.1 Å². The molecule has 11 heavy (non-hydrogen) atoms. The molecule has 2 nitrogen and oxygen atoms in total. The predicted molar refractivity (Wildman–Crippen MR) is 47.5 cm³/mol. The number of aliphatic hydroxyl groups excluding tert-OH is 1. The van der Waals surface area contributed by atoms with E-state index in [0.717, 1.165) is 0 Å². The van der Waals surface area contributed by atoms with Gasteiger partial charge in [0.25, 0.3) is 0 Å². The minimum absolute atomic E-state index is 0.00861. The lowest BCUT2D eigenvalue weighted by atomic mass is 10.2. The van der Waals surface area contributed by atoms with Crippen molar-refractivity contribution in [2.45, 2.75) is 0 Å². The van der Waals surface area contributed by atoms with E-state index in [0.29, 0.717) is 10.0 Å². The molecule has 0 aliphatic carbocycles. The van der Waals surface area contributed by atoms with Crippen LogP contribution in [0.3, 0.4) is 0 Å². The number of hydrogen-bond donors (Lipinski definition) is 2. The minimum atomic E-state index is -0.00861. The van der Waals surface area contributed by atoms with Crippen LogP contribution in [0.5, 0.6) is 5.75 Å². The lowest BCUT2D eigenvalue weighted by Gasteiger charge is -2.00. The molecule has 0 aliphatic heterocycles. The Kier molecular flexibility index (Phi) is 2.19. The monoisotopic (exact) mass is 214 g/mol. The van der Waals surface area contributed by atoms with Crippen molar-refractivity contribution in [1.29, 1.82) is 0 Å². The molecular formula is C8H7BrO2. The first-order valence-corrected chi connectivity index (χ1v) is 3.77. The summed E-state index contributed by atoms with van der Waals surface area (Å²) in [5.74, 6) is 0.140. The second-order valence-electron chi connectivity index (χ2n) is 2.11. The van der Waals surface area contributed by atoms with Crippen molar-refractivity contribution in [3.63, 3.8) is 0 Å². The number of phenolic OH excluding ortho intramolecular Hbond substituents is 1. The molecule has 3 heteroatoms. The van der Waals surface area contributed by atoms with Crippen molar-refractivity contribution < 1.29 is 10.2 Å². The van der Waals surface area contributed by atoms with Crippen LogP contribution in [0.4, 0.5) is 0 Å². The van der Waals surface area contributed by atoms with Gasteiger partial charge in [0.15, 0.2) is 0 Å². The van der Waals surface area contributed by atoms with Crippen molar-refractivity contribution in [2.24, 2.45) is 0 Å². The molecule has 0 radical (unpaired) electrons. The van der Waals surface area contributed by atoms with Crippen molar-refractivity contribution >= 4 is 21.7 Å². The summed E-state index contributed by atoms with van der Waals surface area (Å²) < 4.78 is 0.546. The van der Waals surface area contributed by atoms with Gasteiger partial charge in [0.05, 0.1) is 4.47 Å². The molecule has 0 saturated carbocycles. The van der Waals surface area contributed by atoms with Crippen molar-refractivity contribution in [3.8, 4) is 5.75 Å². The smallest absolute Gasteiger partial charge is 0.129 e. The molecule has 58 valence electrons. The summed E-state index contributed by atoms with van der Waals surface area (Å²) >= 11 is 3.11. The maximum Gasteiger partial charge on any atom is 0.129 e. The first-order valence-electron chi connectivity index (χ1n) is 2.98. The topological polar surface area (TPSA) is 40.5 Å². The fourth-order valence-corrected chi connectivity index (χ4v) is 1.07. The van der Waals surface area contributed by atoms with Gasteiger partial charge in [0.2, 0.25) is 0 Å². The number of aromatic hydroxyl groups is 1. The number of phenols is 1. The number of hydrogen-bond acceptors (Lipinski definition) is 2. The van der Waals surface area contributed by atoms with Crippen LogP contribution in [-0.2, 0) is 0 Å². The average Bonchev–Trinajstić information content (AvgIpc) is 1.94. The summed E-state index contributed by atoms with van der Waals surface area (Å²) in [7, 11) is 0. The van der Waals surface area contributed by atoms with Crippen molar-refractivity contribution in [2.75, 3.05) is 0 Å². The van der Waals surface area contributed by atoms with Crippen LogP contribution in [0.1, 0.15) is 5.56 Å². The van der Waals surface area contributed by atoms with E-state index >= 15 is 0 Å². The number of aliphatic hydroxyl groups is 1. The molecule has 0 unspecified atom stereocenters. The maximum atomic E-state index is 9.07. The van der Waals surface area contributed by atoms with E-state index in [9.17, 15) is 0 Å². The third-order valence-electron chi connectivity index (χ3n) is 1.28. The van der Waals surface area contributed by atoms with Crippen molar-refractivity contribution in [3.05, 3.63) is 34.8 Å². The van der Waals surface area contributed by atoms with Gasteiger partial charge in [-0.25, -0.2) is 0 Å². The predicted octanol–water partition coefficient (Wildman–Crippen LogP) is 2.68. The quantitative estimate of drug-likeness (QED) is 0.707. The molecule has 1 rings (SSSR count). The van der Waals surface area contributed by atoms with Gasteiger partial charge in [0.1, 0.15) is 11.5 Å². The molecule has 0 amide bonds. The van der Waals surface area contributed by atoms with Crippen LogP contribution >= 0.6 is 15.9 Å². The summed E-state index contributed by atoms with van der Waals surface area (Å²) in [6.07, 6.45) is 0. The SMILES string of the molecule is C=C(O)c1ccc(O)c(Br)c1. The first-order chi connectivity index (χ1) is 5.11. The highest BCUT2D eigenvalue weighted by Gasteiger charge is 2.00. The molecule has 1 aromatic carbocycles. The second-order valence-corrected chi connectivity index (χ2v) is 2.97. The molecule has 0 saturated heterocycles. The molecule has 0 aromatic heterocycles. The molecular weight excluding hydrogens is 208 g/mol. The summed E-state index contributed by atoms with van der Waals surface area (Å²) in [6.45, 7) is 3.35. The largest absolute Gasteiger partial charge is 0.508 e. The van der Waals surface area contributed by atoms with Crippen LogP contribution in [0.15, 0.2) is 29.3 Å². The van der Waals surface area contributed by atoms with E-state index in [1.807, 2.05) is 0 Å². The molecule has 0 atom stereocenters. The molecule has 0 fully saturated rings. The lowest BCUT2D eigenvalue weighted by molar-refractivity contribution is 0.471. The number of halogens is 1. The Bertz CT molecular complexity index is 294. The Morgan fingerprint density at radius 3 is 2.55 bits per heavy atom. The van der Waals surface area contributed by atoms with Gasteiger partial charge in [-0.3, -0.25) is 0 Å². The van der Waals surface area contributed by atoms with Crippen LogP contribution in [0.2, 0.25) is 0 Å². The normalized spacial score (nSPS) is 9.55. The molecule has 1 aromatic rings. The van der Waals surface area contributed by atoms with Gasteiger partial charge in [-0.05, 0) is 34.1 Å². The zero-order valence-electron chi connectivity index (χ0n) is 5.71. The first kappa shape index (κ1) is 8.14. The van der Waals surface area contributed by atoms with Gasteiger partial charge in [-0.1, -0.05) is 6.58 Å². The van der Waals surface area contributed by atoms with E-state index in [4.69, 9.17) is 10.2 Å². The van der Waals surface area contributed by atoms with Gasteiger partial charge in [-0.15, -0.1) is 0 Å². The van der Waals surface area contributed by atoms with Gasteiger partial charge >= 0.3 is 0 Å². The highest BCUT2D eigenvalue weighted by atomic mass is 79.9. The van der Waals surface area contributed by atoms with E-state index in [1.165, 1.54) is 6.07 Å². The van der Waals surface area contributed by atoms with E-state index < -0.39 is 0 Å². The van der Waals surface area contributed by atoms with E-state index in [-0.39, 0.29) is 11.5 Å². The van der Waals surface area contributed by atoms with E-state index in [2.05, 4.69) is 22.5 Å². The van der Waals surface area contributed by atoms with Crippen LogP contribution in [0.25, 0.3) is 5.76 Å². The van der Waals surface area contributed by atoms with Crippen LogP contribution < -0.4 is 0 Å². The Hall–Kier alpha value is -0.960. The van der Waals surface area contributed by atoms with Crippen LogP contribution in [0, 0.1) is 0 Å². The van der Waals surface area contributed by atoms with Gasteiger partial charge in [0, 0.05) is 5.56 Å². The zero-order valence-corrected chi connectivity index (χ0v) is 7.30. The summed E-state index contributed by atoms with van der Waals surface area (Å²) in [5.41, 5.74) is 0.592. The minimum Gasteiger partial charge on any atom is -0.508 e. The fraction of sp³-hybridized carbons (Fsp3) is 0. The molecule has 2 N–H and O–H groups in total.